The van der Waals surface area contributed by atoms with E-state index in [9.17, 15) is 4.79 Å². The molecule has 0 spiro atoms. The Kier molecular flexibility index (Phi) is 6.97. The predicted octanol–water partition coefficient (Wildman–Crippen LogP) is 2.17. The Morgan fingerprint density at radius 1 is 1.16 bits per heavy atom. The second-order valence-electron chi connectivity index (χ2n) is 4.52. The summed E-state index contributed by atoms with van der Waals surface area (Å²) in [6.45, 7) is 6.34. The zero-order chi connectivity index (χ0) is 14.1. The number of nitrogens with zero attached hydrogens (tertiary/aromatic N) is 1. The van der Waals surface area contributed by atoms with Gasteiger partial charge in [0.1, 0.15) is 5.75 Å². The molecule has 0 bridgehead atoms. The van der Waals surface area contributed by atoms with Gasteiger partial charge in [0.15, 0.2) is 6.61 Å². The van der Waals surface area contributed by atoms with Crippen molar-refractivity contribution < 1.29 is 9.53 Å². The Hall–Kier alpha value is -1.55. The molecule has 2 N–H and O–H groups in total. The molecule has 1 aromatic rings. The van der Waals surface area contributed by atoms with Crippen LogP contribution in [0.1, 0.15) is 32.3 Å². The summed E-state index contributed by atoms with van der Waals surface area (Å²) < 4.78 is 5.51. The van der Waals surface area contributed by atoms with Crippen molar-refractivity contribution in [3.8, 4) is 5.75 Å². The highest BCUT2D eigenvalue weighted by Crippen LogP contribution is 2.12. The second kappa shape index (κ2) is 8.53. The Balaban J connectivity index is 2.46. The maximum absolute atomic E-state index is 12.0. The molecule has 0 atom stereocenters. The van der Waals surface area contributed by atoms with Crippen LogP contribution in [0.15, 0.2) is 24.3 Å². The molecule has 0 radical (unpaired) electrons. The Bertz CT molecular complexity index is 370. The predicted molar refractivity (Wildman–Crippen MR) is 77.0 cm³/mol. The third-order valence-corrected chi connectivity index (χ3v) is 2.86. The van der Waals surface area contributed by atoms with Crippen LogP contribution in [0.2, 0.25) is 0 Å². The van der Waals surface area contributed by atoms with E-state index >= 15 is 0 Å². The first-order valence-corrected chi connectivity index (χ1v) is 6.90. The van der Waals surface area contributed by atoms with Crippen molar-refractivity contribution >= 4 is 5.91 Å². The van der Waals surface area contributed by atoms with Gasteiger partial charge in [-0.1, -0.05) is 26.0 Å². The number of nitrogens with two attached hydrogens (primary N) is 1. The summed E-state index contributed by atoms with van der Waals surface area (Å²) in [6, 6.07) is 7.52. The van der Waals surface area contributed by atoms with Gasteiger partial charge in [-0.25, -0.2) is 0 Å². The van der Waals surface area contributed by atoms with Crippen LogP contribution in [0.3, 0.4) is 0 Å². The molecule has 1 aromatic carbocycles. The Morgan fingerprint density at radius 3 is 2.21 bits per heavy atom. The van der Waals surface area contributed by atoms with Gasteiger partial charge in [-0.2, -0.15) is 0 Å². The van der Waals surface area contributed by atoms with Crippen LogP contribution >= 0.6 is 0 Å². The molecule has 0 aromatic heterocycles. The van der Waals surface area contributed by atoms with Gasteiger partial charge in [-0.05, 0) is 30.5 Å². The summed E-state index contributed by atoms with van der Waals surface area (Å²) in [6.07, 6.45) is 1.94. The second-order valence-corrected chi connectivity index (χ2v) is 4.52. The third kappa shape index (κ3) is 5.30. The molecule has 19 heavy (non-hydrogen) atoms. The molecule has 4 heteroatoms. The lowest BCUT2D eigenvalue weighted by molar-refractivity contribution is -0.133. The fourth-order valence-electron chi connectivity index (χ4n) is 1.86. The van der Waals surface area contributed by atoms with E-state index in [1.807, 2.05) is 29.2 Å². The standard InChI is InChI=1S/C15H24N2O2/c1-3-9-17(10-4-2)15(18)12-19-14-7-5-13(11-16)6-8-14/h5-8H,3-4,9-12,16H2,1-2H3. The van der Waals surface area contributed by atoms with Crippen LogP contribution in [0.4, 0.5) is 0 Å². The molecule has 0 aliphatic heterocycles. The number of hydrogen-bond acceptors (Lipinski definition) is 3. The monoisotopic (exact) mass is 264 g/mol. The molecule has 0 aliphatic rings. The normalized spacial score (nSPS) is 10.3. The molecule has 4 nitrogen and oxygen atoms in total. The third-order valence-electron chi connectivity index (χ3n) is 2.86. The lowest BCUT2D eigenvalue weighted by atomic mass is 10.2. The number of hydrogen-bond donors (Lipinski definition) is 1. The molecule has 0 unspecified atom stereocenters. The van der Waals surface area contributed by atoms with Crippen LogP contribution in [0.5, 0.6) is 5.75 Å². The van der Waals surface area contributed by atoms with Gasteiger partial charge in [-0.15, -0.1) is 0 Å². The van der Waals surface area contributed by atoms with Crippen LogP contribution in [-0.4, -0.2) is 30.5 Å². The minimum Gasteiger partial charge on any atom is -0.484 e. The SMILES string of the molecule is CCCN(CCC)C(=O)COc1ccc(CN)cc1. The smallest absolute Gasteiger partial charge is 0.260 e. The largest absolute Gasteiger partial charge is 0.484 e. The van der Waals surface area contributed by atoms with Gasteiger partial charge in [0.25, 0.3) is 5.91 Å². The molecule has 1 rings (SSSR count). The van der Waals surface area contributed by atoms with E-state index in [2.05, 4.69) is 13.8 Å². The van der Waals surface area contributed by atoms with Crippen molar-refractivity contribution in [2.45, 2.75) is 33.2 Å². The quantitative estimate of drug-likeness (QED) is 0.783. The first-order valence-electron chi connectivity index (χ1n) is 6.90. The fourth-order valence-corrected chi connectivity index (χ4v) is 1.86. The summed E-state index contributed by atoms with van der Waals surface area (Å²) in [5.74, 6) is 0.755. The molecule has 1 amide bonds. The Morgan fingerprint density at radius 2 is 1.74 bits per heavy atom. The number of benzene rings is 1. The Labute approximate surface area is 115 Å². The minimum absolute atomic E-state index is 0.0478. The van der Waals surface area contributed by atoms with Crippen molar-refractivity contribution in [3.63, 3.8) is 0 Å². The highest BCUT2D eigenvalue weighted by molar-refractivity contribution is 5.77. The van der Waals surface area contributed by atoms with Crippen LogP contribution in [-0.2, 0) is 11.3 Å². The maximum Gasteiger partial charge on any atom is 0.260 e. The van der Waals surface area contributed by atoms with Gasteiger partial charge in [-0.3, -0.25) is 4.79 Å². The summed E-state index contributed by atoms with van der Waals surface area (Å²) >= 11 is 0. The number of amides is 1. The molecular formula is C15H24N2O2. The lowest BCUT2D eigenvalue weighted by Gasteiger charge is -2.21. The summed E-state index contributed by atoms with van der Waals surface area (Å²) in [4.78, 5) is 13.9. The van der Waals surface area contributed by atoms with E-state index in [0.29, 0.717) is 12.3 Å². The number of carbonyl (C=O) groups excluding carboxylic acids is 1. The lowest BCUT2D eigenvalue weighted by Crippen LogP contribution is -2.36. The van der Waals surface area contributed by atoms with Gasteiger partial charge >= 0.3 is 0 Å². The number of ether oxygens (including phenoxy) is 1. The highest BCUT2D eigenvalue weighted by atomic mass is 16.5. The summed E-state index contributed by atoms with van der Waals surface area (Å²) in [5, 5.41) is 0. The van der Waals surface area contributed by atoms with Crippen molar-refractivity contribution in [2.75, 3.05) is 19.7 Å². The van der Waals surface area contributed by atoms with Crippen molar-refractivity contribution in [3.05, 3.63) is 29.8 Å². The van der Waals surface area contributed by atoms with E-state index < -0.39 is 0 Å². The molecule has 0 saturated carbocycles. The number of rotatable bonds is 8. The van der Waals surface area contributed by atoms with E-state index in [1.165, 1.54) is 0 Å². The first-order chi connectivity index (χ1) is 9.21. The van der Waals surface area contributed by atoms with Gasteiger partial charge in [0, 0.05) is 19.6 Å². The zero-order valence-electron chi connectivity index (χ0n) is 11.9. The van der Waals surface area contributed by atoms with Crippen LogP contribution < -0.4 is 10.5 Å². The van der Waals surface area contributed by atoms with Gasteiger partial charge < -0.3 is 15.4 Å². The van der Waals surface area contributed by atoms with E-state index in [0.717, 1.165) is 31.5 Å². The fraction of sp³-hybridized carbons (Fsp3) is 0.533. The molecule has 0 saturated heterocycles. The van der Waals surface area contributed by atoms with Crippen LogP contribution in [0, 0.1) is 0 Å². The van der Waals surface area contributed by atoms with Crippen LogP contribution in [0.25, 0.3) is 0 Å². The summed E-state index contributed by atoms with van der Waals surface area (Å²) in [5.41, 5.74) is 6.58. The number of carbonyl (C=O) groups is 1. The van der Waals surface area contributed by atoms with Gasteiger partial charge in [0.2, 0.25) is 0 Å². The molecule has 0 aliphatic carbocycles. The average molecular weight is 264 g/mol. The molecule has 106 valence electrons. The maximum atomic E-state index is 12.0. The van der Waals surface area contributed by atoms with Gasteiger partial charge in [0.05, 0.1) is 0 Å². The molecule has 0 heterocycles. The van der Waals surface area contributed by atoms with E-state index in [4.69, 9.17) is 10.5 Å². The molecule has 0 fully saturated rings. The highest BCUT2D eigenvalue weighted by Gasteiger charge is 2.12. The van der Waals surface area contributed by atoms with E-state index in [-0.39, 0.29) is 12.5 Å². The zero-order valence-corrected chi connectivity index (χ0v) is 11.9. The first kappa shape index (κ1) is 15.5. The van der Waals surface area contributed by atoms with Crippen molar-refractivity contribution in [1.29, 1.82) is 0 Å². The average Bonchev–Trinajstić information content (AvgIpc) is 2.45. The molecular weight excluding hydrogens is 240 g/mol. The minimum atomic E-state index is 0.0478. The van der Waals surface area contributed by atoms with Crippen molar-refractivity contribution in [1.82, 2.24) is 4.90 Å². The topological polar surface area (TPSA) is 55.6 Å². The van der Waals surface area contributed by atoms with E-state index in [1.54, 1.807) is 0 Å². The summed E-state index contributed by atoms with van der Waals surface area (Å²) in [7, 11) is 0. The van der Waals surface area contributed by atoms with Crippen molar-refractivity contribution in [2.24, 2.45) is 5.73 Å².